The molecule has 1 atom stereocenters. The number of rotatable bonds is 7. The predicted molar refractivity (Wildman–Crippen MR) is 95.1 cm³/mol. The molecular weight excluding hydrogens is 314 g/mol. The second-order valence-corrected chi connectivity index (χ2v) is 8.29. The average molecular weight is 345 g/mol. The Morgan fingerprint density at radius 1 is 1.04 bits per heavy atom. The summed E-state index contributed by atoms with van der Waals surface area (Å²) in [6.45, 7) is 0.938. The molecule has 138 valence electrons. The molecule has 1 amide bonds. The largest absolute Gasteiger partial charge is 0.340 e. The lowest BCUT2D eigenvalue weighted by atomic mass is 9.86. The fourth-order valence-corrected chi connectivity index (χ4v) is 4.57. The summed E-state index contributed by atoms with van der Waals surface area (Å²) < 4.78 is 5.34. The van der Waals surface area contributed by atoms with Crippen molar-refractivity contribution in [3.05, 3.63) is 11.7 Å². The van der Waals surface area contributed by atoms with Crippen molar-refractivity contribution >= 4 is 5.91 Å². The van der Waals surface area contributed by atoms with E-state index in [1.165, 1.54) is 44.9 Å². The molecule has 3 aliphatic rings. The summed E-state index contributed by atoms with van der Waals surface area (Å²) in [5.74, 6) is 3.33. The number of likely N-dealkylation sites (tertiary alicyclic amines) is 1. The molecule has 2 saturated carbocycles. The van der Waals surface area contributed by atoms with Gasteiger partial charge in [0, 0.05) is 31.3 Å². The molecule has 1 unspecified atom stereocenters. The molecule has 5 heteroatoms. The van der Waals surface area contributed by atoms with Gasteiger partial charge in [0.15, 0.2) is 5.82 Å². The summed E-state index contributed by atoms with van der Waals surface area (Å²) in [5.41, 5.74) is 0. The van der Waals surface area contributed by atoms with E-state index in [9.17, 15) is 4.79 Å². The van der Waals surface area contributed by atoms with Crippen LogP contribution in [0.1, 0.15) is 94.7 Å². The maximum absolute atomic E-state index is 12.7. The van der Waals surface area contributed by atoms with Gasteiger partial charge in [0.05, 0.1) is 0 Å². The molecule has 3 fully saturated rings. The Balaban J connectivity index is 1.23. The first kappa shape index (κ1) is 17.0. The van der Waals surface area contributed by atoms with Crippen LogP contribution >= 0.6 is 0 Å². The lowest BCUT2D eigenvalue weighted by Crippen LogP contribution is -2.36. The van der Waals surface area contributed by atoms with Gasteiger partial charge < -0.3 is 9.42 Å². The van der Waals surface area contributed by atoms with Gasteiger partial charge in [0.2, 0.25) is 11.8 Å². The van der Waals surface area contributed by atoms with Crippen LogP contribution in [0.2, 0.25) is 0 Å². The maximum Gasteiger partial charge on any atom is 0.229 e. The van der Waals surface area contributed by atoms with Crippen LogP contribution in [0, 0.1) is 5.92 Å². The summed E-state index contributed by atoms with van der Waals surface area (Å²) in [6.07, 6.45) is 15.0. The summed E-state index contributed by atoms with van der Waals surface area (Å²) in [5, 5.41) is 4.12. The van der Waals surface area contributed by atoms with Crippen molar-refractivity contribution in [2.75, 3.05) is 6.54 Å². The Labute approximate surface area is 150 Å². The van der Waals surface area contributed by atoms with Crippen molar-refractivity contribution in [3.8, 4) is 0 Å². The highest BCUT2D eigenvalue weighted by molar-refractivity contribution is 5.76. The standard InChI is InChI=1S/C20H31N3O2/c24-19(13-8-15-5-2-1-3-6-15)23-14-4-7-17(23)11-12-18-21-20(25-22-18)16-9-10-16/h15-17H,1-14H2. The van der Waals surface area contributed by atoms with E-state index in [2.05, 4.69) is 15.0 Å². The number of amides is 1. The van der Waals surface area contributed by atoms with Gasteiger partial charge in [-0.1, -0.05) is 37.3 Å². The fraction of sp³-hybridized carbons (Fsp3) is 0.850. The zero-order valence-corrected chi connectivity index (χ0v) is 15.3. The first-order valence-corrected chi connectivity index (χ1v) is 10.4. The number of hydrogen-bond acceptors (Lipinski definition) is 4. The van der Waals surface area contributed by atoms with Gasteiger partial charge in [0.25, 0.3) is 0 Å². The molecule has 4 rings (SSSR count). The van der Waals surface area contributed by atoms with Gasteiger partial charge in [-0.3, -0.25) is 4.79 Å². The zero-order chi connectivity index (χ0) is 17.1. The van der Waals surface area contributed by atoms with E-state index in [0.717, 1.165) is 62.7 Å². The number of nitrogens with zero attached hydrogens (tertiary/aromatic N) is 3. The lowest BCUT2D eigenvalue weighted by Gasteiger charge is -2.26. The third kappa shape index (κ3) is 4.42. The molecule has 1 aromatic rings. The predicted octanol–water partition coefficient (Wildman–Crippen LogP) is 4.23. The highest BCUT2D eigenvalue weighted by Crippen LogP contribution is 2.39. The van der Waals surface area contributed by atoms with Crippen LogP contribution in [-0.4, -0.2) is 33.5 Å². The summed E-state index contributed by atoms with van der Waals surface area (Å²) in [6, 6.07) is 0.377. The van der Waals surface area contributed by atoms with E-state index in [0.29, 0.717) is 17.9 Å². The monoisotopic (exact) mass is 345 g/mol. The highest BCUT2D eigenvalue weighted by atomic mass is 16.5. The van der Waals surface area contributed by atoms with Gasteiger partial charge in [-0.05, 0) is 44.4 Å². The third-order valence-corrected chi connectivity index (χ3v) is 6.30. The average Bonchev–Trinajstić information content (AvgIpc) is 3.20. The topological polar surface area (TPSA) is 59.2 Å². The van der Waals surface area contributed by atoms with Crippen molar-refractivity contribution in [2.24, 2.45) is 5.92 Å². The van der Waals surface area contributed by atoms with Crippen LogP contribution in [0.4, 0.5) is 0 Å². The number of carbonyl (C=O) groups is 1. The quantitative estimate of drug-likeness (QED) is 0.742. The second kappa shape index (κ2) is 7.88. The first-order chi connectivity index (χ1) is 12.3. The summed E-state index contributed by atoms with van der Waals surface area (Å²) >= 11 is 0. The first-order valence-electron chi connectivity index (χ1n) is 10.4. The minimum absolute atomic E-state index is 0.375. The number of carbonyl (C=O) groups excluding carboxylic acids is 1. The maximum atomic E-state index is 12.7. The van der Waals surface area contributed by atoms with Crippen LogP contribution in [0.5, 0.6) is 0 Å². The fourth-order valence-electron chi connectivity index (χ4n) is 4.57. The Hall–Kier alpha value is -1.39. The SMILES string of the molecule is O=C(CCC1CCCCC1)N1CCCC1CCc1noc(C2CC2)n1. The van der Waals surface area contributed by atoms with E-state index in [4.69, 9.17) is 4.52 Å². The van der Waals surface area contributed by atoms with Crippen molar-refractivity contribution < 1.29 is 9.32 Å². The molecule has 0 spiro atoms. The Kier molecular flexibility index (Phi) is 5.37. The molecule has 1 aliphatic heterocycles. The van der Waals surface area contributed by atoms with E-state index >= 15 is 0 Å². The van der Waals surface area contributed by atoms with Gasteiger partial charge >= 0.3 is 0 Å². The highest BCUT2D eigenvalue weighted by Gasteiger charge is 2.31. The lowest BCUT2D eigenvalue weighted by molar-refractivity contribution is -0.132. The van der Waals surface area contributed by atoms with Gasteiger partial charge in [-0.15, -0.1) is 0 Å². The van der Waals surface area contributed by atoms with Crippen molar-refractivity contribution in [1.29, 1.82) is 0 Å². The molecule has 1 aromatic heterocycles. The van der Waals surface area contributed by atoms with Crippen molar-refractivity contribution in [3.63, 3.8) is 0 Å². The van der Waals surface area contributed by atoms with E-state index in [-0.39, 0.29) is 0 Å². The third-order valence-electron chi connectivity index (χ3n) is 6.30. The van der Waals surface area contributed by atoms with Crippen LogP contribution in [-0.2, 0) is 11.2 Å². The normalized spacial score (nSPS) is 24.8. The molecule has 0 N–H and O–H groups in total. The van der Waals surface area contributed by atoms with Gasteiger partial charge in [-0.2, -0.15) is 4.98 Å². The molecule has 2 heterocycles. The minimum Gasteiger partial charge on any atom is -0.340 e. The summed E-state index contributed by atoms with van der Waals surface area (Å²) in [4.78, 5) is 19.4. The zero-order valence-electron chi connectivity index (χ0n) is 15.3. The van der Waals surface area contributed by atoms with Crippen molar-refractivity contribution in [2.45, 2.75) is 95.4 Å². The molecule has 0 bridgehead atoms. The smallest absolute Gasteiger partial charge is 0.229 e. The number of aryl methyl sites for hydroxylation is 1. The number of hydrogen-bond donors (Lipinski definition) is 0. The van der Waals surface area contributed by atoms with Crippen LogP contribution in [0.25, 0.3) is 0 Å². The minimum atomic E-state index is 0.375. The molecule has 0 radical (unpaired) electrons. The van der Waals surface area contributed by atoms with E-state index in [1.54, 1.807) is 0 Å². The Morgan fingerprint density at radius 3 is 2.68 bits per heavy atom. The molecule has 25 heavy (non-hydrogen) atoms. The number of aromatic nitrogens is 2. The van der Waals surface area contributed by atoms with Crippen LogP contribution in [0.15, 0.2) is 4.52 Å². The second-order valence-electron chi connectivity index (χ2n) is 8.29. The molecule has 1 saturated heterocycles. The van der Waals surface area contributed by atoms with E-state index < -0.39 is 0 Å². The Bertz CT molecular complexity index is 575. The molecule has 5 nitrogen and oxygen atoms in total. The molecule has 2 aliphatic carbocycles. The molecule has 0 aromatic carbocycles. The van der Waals surface area contributed by atoms with Crippen LogP contribution < -0.4 is 0 Å². The van der Waals surface area contributed by atoms with Crippen molar-refractivity contribution in [1.82, 2.24) is 15.0 Å². The Morgan fingerprint density at radius 2 is 1.88 bits per heavy atom. The van der Waals surface area contributed by atoms with E-state index in [1.807, 2.05) is 0 Å². The van der Waals surface area contributed by atoms with Gasteiger partial charge in [0.1, 0.15) is 0 Å². The summed E-state index contributed by atoms with van der Waals surface area (Å²) in [7, 11) is 0. The molecular formula is C20H31N3O2. The van der Waals surface area contributed by atoms with Gasteiger partial charge in [-0.25, -0.2) is 0 Å². The van der Waals surface area contributed by atoms with Crippen LogP contribution in [0.3, 0.4) is 0 Å².